The quantitative estimate of drug-likeness (QED) is 0.819. The van der Waals surface area contributed by atoms with Gasteiger partial charge in [0.05, 0.1) is 6.04 Å². The number of rotatable bonds is 2. The minimum atomic E-state index is 0.00509. The van der Waals surface area contributed by atoms with Crippen LogP contribution >= 0.6 is 33.9 Å². The van der Waals surface area contributed by atoms with Gasteiger partial charge < -0.3 is 5.73 Å². The van der Waals surface area contributed by atoms with Gasteiger partial charge in [0.1, 0.15) is 0 Å². The molecule has 0 aliphatic rings. The number of thiophene rings is 1. The van der Waals surface area contributed by atoms with Gasteiger partial charge in [-0.2, -0.15) is 0 Å². The van der Waals surface area contributed by atoms with Gasteiger partial charge in [0.2, 0.25) is 0 Å². The van der Waals surface area contributed by atoms with E-state index in [4.69, 9.17) is 5.73 Å². The predicted molar refractivity (Wildman–Crippen MR) is 79.0 cm³/mol. The van der Waals surface area contributed by atoms with E-state index < -0.39 is 0 Å². The van der Waals surface area contributed by atoms with Crippen LogP contribution in [-0.4, -0.2) is 0 Å². The number of benzene rings is 1. The summed E-state index contributed by atoms with van der Waals surface area (Å²) in [4.78, 5) is 2.55. The van der Waals surface area contributed by atoms with Gasteiger partial charge in [0.25, 0.3) is 0 Å². The molecule has 2 rings (SSSR count). The fraction of sp³-hybridized carbons (Fsp3) is 0.231. The molecule has 1 nitrogen and oxygen atoms in total. The van der Waals surface area contributed by atoms with Crippen LogP contribution in [0.15, 0.2) is 30.3 Å². The van der Waals surface area contributed by atoms with E-state index in [9.17, 15) is 0 Å². The maximum absolute atomic E-state index is 6.30. The Bertz CT molecular complexity index is 504. The third-order valence-electron chi connectivity index (χ3n) is 2.62. The van der Waals surface area contributed by atoms with Crippen LogP contribution in [0.5, 0.6) is 0 Å². The van der Waals surface area contributed by atoms with Gasteiger partial charge in [-0.05, 0) is 59.7 Å². The Balaban J connectivity index is 2.41. The van der Waals surface area contributed by atoms with E-state index in [-0.39, 0.29) is 6.04 Å². The van der Waals surface area contributed by atoms with Crippen LogP contribution in [0.25, 0.3) is 0 Å². The van der Waals surface area contributed by atoms with Crippen molar-refractivity contribution in [2.75, 3.05) is 0 Å². The first kappa shape index (κ1) is 12.1. The Hall–Kier alpha value is -0.390. The van der Waals surface area contributed by atoms with E-state index in [1.54, 1.807) is 11.3 Å². The molecule has 84 valence electrons. The highest BCUT2D eigenvalue weighted by Crippen LogP contribution is 2.30. The van der Waals surface area contributed by atoms with Gasteiger partial charge in [-0.25, -0.2) is 0 Å². The minimum Gasteiger partial charge on any atom is -0.320 e. The Kier molecular flexibility index (Phi) is 3.66. The first-order valence-electron chi connectivity index (χ1n) is 5.16. The van der Waals surface area contributed by atoms with E-state index in [1.807, 2.05) is 0 Å². The fourth-order valence-electron chi connectivity index (χ4n) is 1.68. The van der Waals surface area contributed by atoms with Crippen molar-refractivity contribution in [1.82, 2.24) is 0 Å². The molecule has 0 saturated carbocycles. The standard InChI is InChI=1S/C13H14INS/c1-8-4-3-5-10(12(8)14)13(15)11-7-6-9(2)16-11/h3-7,13H,15H2,1-2H3. The summed E-state index contributed by atoms with van der Waals surface area (Å²) in [5, 5.41) is 0. The maximum Gasteiger partial charge on any atom is 0.0656 e. The topological polar surface area (TPSA) is 26.0 Å². The van der Waals surface area contributed by atoms with Crippen molar-refractivity contribution in [1.29, 1.82) is 0 Å². The van der Waals surface area contributed by atoms with Crippen molar-refractivity contribution in [2.24, 2.45) is 5.73 Å². The van der Waals surface area contributed by atoms with Crippen LogP contribution < -0.4 is 5.73 Å². The van der Waals surface area contributed by atoms with Gasteiger partial charge in [0, 0.05) is 13.3 Å². The highest BCUT2D eigenvalue weighted by Gasteiger charge is 2.14. The average molecular weight is 343 g/mol. The maximum atomic E-state index is 6.30. The molecule has 1 unspecified atom stereocenters. The largest absolute Gasteiger partial charge is 0.320 e. The second-order valence-electron chi connectivity index (χ2n) is 3.90. The molecule has 1 atom stereocenters. The van der Waals surface area contributed by atoms with E-state index in [0.29, 0.717) is 0 Å². The second kappa shape index (κ2) is 4.85. The summed E-state index contributed by atoms with van der Waals surface area (Å²) in [5.41, 5.74) is 8.82. The lowest BCUT2D eigenvalue weighted by molar-refractivity contribution is 0.884. The molecule has 0 amide bonds. The van der Waals surface area contributed by atoms with E-state index >= 15 is 0 Å². The summed E-state index contributed by atoms with van der Waals surface area (Å²) < 4.78 is 1.28. The van der Waals surface area contributed by atoms with Gasteiger partial charge in [-0.1, -0.05) is 18.2 Å². The highest BCUT2D eigenvalue weighted by atomic mass is 127. The molecule has 16 heavy (non-hydrogen) atoms. The van der Waals surface area contributed by atoms with Crippen molar-refractivity contribution in [3.8, 4) is 0 Å². The number of aryl methyl sites for hydroxylation is 2. The molecule has 0 aliphatic carbocycles. The van der Waals surface area contributed by atoms with E-state index in [0.717, 1.165) is 0 Å². The molecule has 1 aromatic heterocycles. The van der Waals surface area contributed by atoms with E-state index in [2.05, 4.69) is 66.8 Å². The van der Waals surface area contributed by atoms with Gasteiger partial charge in [0.15, 0.2) is 0 Å². The van der Waals surface area contributed by atoms with Crippen LogP contribution in [0, 0.1) is 17.4 Å². The molecule has 0 fully saturated rings. The summed E-state index contributed by atoms with van der Waals surface area (Å²) in [6.45, 7) is 4.24. The summed E-state index contributed by atoms with van der Waals surface area (Å²) in [5.74, 6) is 0. The molecular formula is C13H14INS. The van der Waals surface area contributed by atoms with Gasteiger partial charge in [-0.15, -0.1) is 11.3 Å². The Morgan fingerprint density at radius 3 is 2.56 bits per heavy atom. The SMILES string of the molecule is Cc1ccc(C(N)c2cccc(C)c2I)s1. The zero-order chi connectivity index (χ0) is 11.7. The molecule has 1 heterocycles. The minimum absolute atomic E-state index is 0.00509. The molecule has 2 aromatic rings. The van der Waals surface area contributed by atoms with Crippen LogP contribution in [0.3, 0.4) is 0 Å². The Labute approximate surface area is 114 Å². The average Bonchev–Trinajstić information content (AvgIpc) is 2.68. The molecule has 0 aliphatic heterocycles. The molecule has 3 heteroatoms. The Morgan fingerprint density at radius 1 is 1.19 bits per heavy atom. The van der Waals surface area contributed by atoms with Crippen molar-refractivity contribution in [3.05, 3.63) is 54.8 Å². The third-order valence-corrected chi connectivity index (χ3v) is 5.18. The monoisotopic (exact) mass is 343 g/mol. The third kappa shape index (κ3) is 2.31. The van der Waals surface area contributed by atoms with Crippen molar-refractivity contribution in [2.45, 2.75) is 19.9 Å². The van der Waals surface area contributed by atoms with Crippen LogP contribution in [-0.2, 0) is 0 Å². The van der Waals surface area contributed by atoms with Crippen LogP contribution in [0.2, 0.25) is 0 Å². The van der Waals surface area contributed by atoms with Gasteiger partial charge >= 0.3 is 0 Å². The lowest BCUT2D eigenvalue weighted by Crippen LogP contribution is -2.12. The molecule has 1 aromatic carbocycles. The second-order valence-corrected chi connectivity index (χ2v) is 6.30. The summed E-state index contributed by atoms with van der Waals surface area (Å²) in [6, 6.07) is 10.6. The highest BCUT2D eigenvalue weighted by molar-refractivity contribution is 14.1. The molecule has 0 radical (unpaired) electrons. The number of hydrogen-bond donors (Lipinski definition) is 1. The zero-order valence-corrected chi connectivity index (χ0v) is 12.3. The molecule has 0 spiro atoms. The van der Waals surface area contributed by atoms with E-state index in [1.165, 1.54) is 24.5 Å². The fourth-order valence-corrected chi connectivity index (χ4v) is 3.28. The lowest BCUT2D eigenvalue weighted by atomic mass is 10.0. The summed E-state index contributed by atoms with van der Waals surface area (Å²) in [6.07, 6.45) is 0. The first-order chi connectivity index (χ1) is 7.59. The number of hydrogen-bond acceptors (Lipinski definition) is 2. The van der Waals surface area contributed by atoms with Crippen molar-refractivity contribution in [3.63, 3.8) is 0 Å². The van der Waals surface area contributed by atoms with Crippen LogP contribution in [0.1, 0.15) is 26.9 Å². The lowest BCUT2D eigenvalue weighted by Gasteiger charge is -2.13. The normalized spacial score (nSPS) is 12.8. The van der Waals surface area contributed by atoms with Gasteiger partial charge in [-0.3, -0.25) is 0 Å². The molecule has 0 saturated heterocycles. The molecular weight excluding hydrogens is 329 g/mol. The number of nitrogens with two attached hydrogens (primary N) is 1. The molecule has 2 N–H and O–H groups in total. The predicted octanol–water partition coefficient (Wildman–Crippen LogP) is 4.02. The summed E-state index contributed by atoms with van der Waals surface area (Å²) >= 11 is 4.16. The first-order valence-corrected chi connectivity index (χ1v) is 7.06. The number of halogens is 1. The van der Waals surface area contributed by atoms with Crippen molar-refractivity contribution >= 4 is 33.9 Å². The summed E-state index contributed by atoms with van der Waals surface area (Å²) in [7, 11) is 0. The van der Waals surface area contributed by atoms with Crippen LogP contribution in [0.4, 0.5) is 0 Å². The smallest absolute Gasteiger partial charge is 0.0656 e. The van der Waals surface area contributed by atoms with Crippen molar-refractivity contribution < 1.29 is 0 Å². The Morgan fingerprint density at radius 2 is 1.94 bits per heavy atom. The zero-order valence-electron chi connectivity index (χ0n) is 9.33. The molecule has 0 bridgehead atoms.